The molecule has 0 aromatic heterocycles. The molecule has 1 amide bonds. The molecule has 0 bridgehead atoms. The third-order valence-corrected chi connectivity index (χ3v) is 4.88. The molecular formula is C13H13NO5S. The Balaban J connectivity index is 2.13. The van der Waals surface area contributed by atoms with Crippen molar-refractivity contribution in [3.63, 3.8) is 0 Å². The number of carbonyl (C=O) groups excluding carboxylic acids is 1. The molecule has 106 valence electrons. The number of hydrogen-bond acceptors (Lipinski definition) is 5. The zero-order valence-electron chi connectivity index (χ0n) is 11.0. The highest BCUT2D eigenvalue weighted by Gasteiger charge is 2.50. The van der Waals surface area contributed by atoms with Gasteiger partial charge in [-0.25, -0.2) is 4.79 Å². The van der Waals surface area contributed by atoms with Crippen molar-refractivity contribution in [2.45, 2.75) is 11.4 Å². The Hall–Kier alpha value is -1.89. The van der Waals surface area contributed by atoms with Crippen molar-refractivity contribution in [1.29, 1.82) is 0 Å². The fourth-order valence-corrected chi connectivity index (χ4v) is 4.13. The molecule has 0 aliphatic carbocycles. The van der Waals surface area contributed by atoms with Crippen LogP contribution in [0.2, 0.25) is 0 Å². The first-order chi connectivity index (χ1) is 9.60. The average Bonchev–Trinajstić information content (AvgIpc) is 2.99. The summed E-state index contributed by atoms with van der Waals surface area (Å²) in [6, 6.07) is 2.75. The normalized spacial score (nSPS) is 23.5. The summed E-state index contributed by atoms with van der Waals surface area (Å²) < 4.78 is 10.5. The van der Waals surface area contributed by atoms with Crippen LogP contribution in [0.15, 0.2) is 12.1 Å². The van der Waals surface area contributed by atoms with E-state index in [1.54, 1.807) is 12.1 Å². The summed E-state index contributed by atoms with van der Waals surface area (Å²) >= 11 is 1.46. The highest BCUT2D eigenvalue weighted by Crippen LogP contribution is 2.52. The minimum atomic E-state index is -0.980. The second kappa shape index (κ2) is 4.59. The lowest BCUT2D eigenvalue weighted by atomic mass is 10.1. The van der Waals surface area contributed by atoms with Crippen molar-refractivity contribution in [3.05, 3.63) is 23.3 Å². The van der Waals surface area contributed by atoms with Gasteiger partial charge in [-0.1, -0.05) is 6.07 Å². The zero-order valence-corrected chi connectivity index (χ0v) is 11.8. The van der Waals surface area contributed by atoms with Gasteiger partial charge in [0.15, 0.2) is 11.5 Å². The third kappa shape index (κ3) is 1.59. The Morgan fingerprint density at radius 1 is 1.40 bits per heavy atom. The smallest absolute Gasteiger partial charge is 0.327 e. The lowest BCUT2D eigenvalue weighted by molar-refractivity contribution is -0.141. The molecule has 2 aliphatic rings. The maximum Gasteiger partial charge on any atom is 0.327 e. The van der Waals surface area contributed by atoms with Gasteiger partial charge in [-0.05, 0) is 6.07 Å². The number of aliphatic carboxylic acids is 1. The number of carboxylic acids is 1. The van der Waals surface area contributed by atoms with Crippen LogP contribution in [0.1, 0.15) is 21.3 Å². The first-order valence-electron chi connectivity index (χ1n) is 6.02. The van der Waals surface area contributed by atoms with Crippen LogP contribution >= 0.6 is 11.8 Å². The topological polar surface area (TPSA) is 76.1 Å². The maximum atomic E-state index is 12.6. The van der Waals surface area contributed by atoms with Crippen LogP contribution in [0.5, 0.6) is 11.5 Å². The van der Waals surface area contributed by atoms with Crippen molar-refractivity contribution in [1.82, 2.24) is 4.90 Å². The van der Waals surface area contributed by atoms with Crippen molar-refractivity contribution in [2.24, 2.45) is 0 Å². The second-order valence-corrected chi connectivity index (χ2v) is 5.63. The molecular weight excluding hydrogens is 282 g/mol. The maximum absolute atomic E-state index is 12.6. The van der Waals surface area contributed by atoms with Gasteiger partial charge < -0.3 is 19.5 Å². The number of fused-ring (bicyclic) bond motifs is 3. The lowest BCUT2D eigenvalue weighted by Crippen LogP contribution is -2.39. The fourth-order valence-electron chi connectivity index (χ4n) is 2.68. The summed E-state index contributed by atoms with van der Waals surface area (Å²) in [6.07, 6.45) is 0. The first-order valence-corrected chi connectivity index (χ1v) is 7.07. The Bertz CT molecular complexity index is 603. The molecule has 0 spiro atoms. The van der Waals surface area contributed by atoms with Crippen LogP contribution in [0.3, 0.4) is 0 Å². The highest BCUT2D eigenvalue weighted by molar-refractivity contribution is 7.99. The molecule has 2 heterocycles. The predicted octanol–water partition coefficient (Wildman–Crippen LogP) is 1.36. The van der Waals surface area contributed by atoms with Gasteiger partial charge in [0, 0.05) is 11.3 Å². The van der Waals surface area contributed by atoms with Crippen LogP contribution in [-0.2, 0) is 4.79 Å². The number of carbonyl (C=O) groups is 2. The standard InChI is InChI=1S/C13H13NO5S/c1-18-8-4-3-6-9(10(8)19-2)11(15)14-7(13(16)17)5-20-12(6)14/h3-4,7,12H,5H2,1-2H3,(H,16,17)/t7-,12-/m1/s1. The Kier molecular flexibility index (Phi) is 3.01. The third-order valence-electron chi connectivity index (χ3n) is 3.58. The van der Waals surface area contributed by atoms with E-state index in [2.05, 4.69) is 0 Å². The van der Waals surface area contributed by atoms with E-state index in [-0.39, 0.29) is 11.3 Å². The molecule has 6 nitrogen and oxygen atoms in total. The Morgan fingerprint density at radius 2 is 2.15 bits per heavy atom. The predicted molar refractivity (Wildman–Crippen MR) is 72.3 cm³/mol. The molecule has 1 fully saturated rings. The highest BCUT2D eigenvalue weighted by atomic mass is 32.2. The number of carboxylic acid groups (broad SMARTS) is 1. The molecule has 3 rings (SSSR count). The van der Waals surface area contributed by atoms with E-state index in [1.807, 2.05) is 0 Å². The molecule has 0 saturated carbocycles. The molecule has 1 N–H and O–H groups in total. The summed E-state index contributed by atoms with van der Waals surface area (Å²) in [5.41, 5.74) is 1.21. The molecule has 1 aromatic rings. The van der Waals surface area contributed by atoms with Crippen LogP contribution in [-0.4, -0.2) is 47.9 Å². The van der Waals surface area contributed by atoms with Gasteiger partial charge >= 0.3 is 5.97 Å². The molecule has 1 aromatic carbocycles. The van der Waals surface area contributed by atoms with E-state index in [0.717, 1.165) is 5.56 Å². The van der Waals surface area contributed by atoms with Gasteiger partial charge in [0.1, 0.15) is 11.4 Å². The summed E-state index contributed by atoms with van der Waals surface area (Å²) in [7, 11) is 2.97. The number of benzene rings is 1. The number of methoxy groups -OCH3 is 2. The van der Waals surface area contributed by atoms with Crippen molar-refractivity contribution in [3.8, 4) is 11.5 Å². The van der Waals surface area contributed by atoms with Gasteiger partial charge in [0.2, 0.25) is 0 Å². The van der Waals surface area contributed by atoms with E-state index in [0.29, 0.717) is 22.8 Å². The van der Waals surface area contributed by atoms with Crippen molar-refractivity contribution >= 4 is 23.6 Å². The van der Waals surface area contributed by atoms with Crippen molar-refractivity contribution in [2.75, 3.05) is 20.0 Å². The van der Waals surface area contributed by atoms with E-state index in [1.165, 1.54) is 30.9 Å². The fraction of sp³-hybridized carbons (Fsp3) is 0.385. The van der Waals surface area contributed by atoms with Crippen LogP contribution in [0, 0.1) is 0 Å². The molecule has 1 saturated heterocycles. The second-order valence-electron chi connectivity index (χ2n) is 4.52. The minimum absolute atomic E-state index is 0.251. The van der Waals surface area contributed by atoms with Gasteiger partial charge in [-0.3, -0.25) is 4.79 Å². The largest absolute Gasteiger partial charge is 0.493 e. The number of hydrogen-bond donors (Lipinski definition) is 1. The Morgan fingerprint density at radius 3 is 2.75 bits per heavy atom. The summed E-state index contributed by atoms with van der Waals surface area (Å²) in [5, 5.41) is 8.97. The molecule has 2 atom stereocenters. The van der Waals surface area contributed by atoms with Crippen molar-refractivity contribution < 1.29 is 24.2 Å². The van der Waals surface area contributed by atoms with Gasteiger partial charge in [-0.15, -0.1) is 11.8 Å². The molecule has 7 heteroatoms. The Labute approximate surface area is 119 Å². The van der Waals surface area contributed by atoms with E-state index < -0.39 is 12.0 Å². The minimum Gasteiger partial charge on any atom is -0.493 e. The monoisotopic (exact) mass is 295 g/mol. The van der Waals surface area contributed by atoms with Crippen LogP contribution in [0.4, 0.5) is 0 Å². The molecule has 20 heavy (non-hydrogen) atoms. The van der Waals surface area contributed by atoms with Crippen LogP contribution < -0.4 is 9.47 Å². The summed E-state index contributed by atoms with van der Waals surface area (Å²) in [5.74, 6) is -0.0449. The van der Waals surface area contributed by atoms with Gasteiger partial charge in [0.25, 0.3) is 5.91 Å². The quantitative estimate of drug-likeness (QED) is 0.907. The van der Waals surface area contributed by atoms with Crippen LogP contribution in [0.25, 0.3) is 0 Å². The number of thioether (sulfide) groups is 1. The van der Waals surface area contributed by atoms with E-state index >= 15 is 0 Å². The van der Waals surface area contributed by atoms with E-state index in [4.69, 9.17) is 9.47 Å². The van der Waals surface area contributed by atoms with Gasteiger partial charge in [0.05, 0.1) is 19.8 Å². The SMILES string of the molecule is COc1ccc2c(c1OC)C(=O)N1[C@@H](C(=O)O)CS[C@H]21. The first kappa shape index (κ1) is 13.1. The molecule has 0 radical (unpaired) electrons. The number of amides is 1. The van der Waals surface area contributed by atoms with E-state index in [9.17, 15) is 14.7 Å². The van der Waals surface area contributed by atoms with Gasteiger partial charge in [-0.2, -0.15) is 0 Å². The average molecular weight is 295 g/mol. The number of rotatable bonds is 3. The molecule has 2 aliphatic heterocycles. The summed E-state index contributed by atoms with van der Waals surface area (Å²) in [6.45, 7) is 0. The number of nitrogens with zero attached hydrogens (tertiary/aromatic N) is 1. The molecule has 0 unspecified atom stereocenters. The zero-order chi connectivity index (χ0) is 14.4. The summed E-state index contributed by atoms with van der Waals surface area (Å²) in [4.78, 5) is 25.2. The lowest BCUT2D eigenvalue weighted by Gasteiger charge is -2.19. The number of ether oxygens (including phenoxy) is 2.